The molecule has 0 aromatic rings. The highest BCUT2D eigenvalue weighted by molar-refractivity contribution is 5.80. The topological polar surface area (TPSA) is 83.8 Å². The van der Waals surface area contributed by atoms with Gasteiger partial charge in [0, 0.05) is 24.8 Å². The summed E-state index contributed by atoms with van der Waals surface area (Å²) in [7, 11) is 0. The molecule has 2 rings (SSSR count). The maximum Gasteiger partial charge on any atom is 0.328 e. The second kappa shape index (κ2) is 8.00. The summed E-state index contributed by atoms with van der Waals surface area (Å²) in [5.74, 6) is -0.453. The number of esters is 1. The summed E-state index contributed by atoms with van der Waals surface area (Å²) in [6.45, 7) is 5.97. The smallest absolute Gasteiger partial charge is 0.328 e. The molecule has 2 N–H and O–H groups in total. The SMILES string of the molecule is CC(=O)OC[C@H]1C[C@@H](C)[C@H]2[C@@H](C=C[C@H](C)[C@]2(O)/C=C/C=C/C(=O)O)C1. The molecule has 5 nitrogen and oxygen atoms in total. The van der Waals surface area contributed by atoms with E-state index in [2.05, 4.69) is 13.0 Å². The van der Waals surface area contributed by atoms with Crippen LogP contribution in [0.3, 0.4) is 0 Å². The molecule has 25 heavy (non-hydrogen) atoms. The summed E-state index contributed by atoms with van der Waals surface area (Å²) in [4.78, 5) is 21.6. The van der Waals surface area contributed by atoms with Gasteiger partial charge < -0.3 is 14.9 Å². The van der Waals surface area contributed by atoms with E-state index in [1.807, 2.05) is 13.0 Å². The molecule has 0 spiro atoms. The number of carbonyl (C=O) groups excluding carboxylic acids is 1. The maximum atomic E-state index is 11.4. The third kappa shape index (κ3) is 4.60. The number of ether oxygens (including phenoxy) is 1. The average Bonchev–Trinajstić information content (AvgIpc) is 2.53. The lowest BCUT2D eigenvalue weighted by Crippen LogP contribution is -2.52. The van der Waals surface area contributed by atoms with E-state index in [9.17, 15) is 14.7 Å². The molecule has 1 saturated carbocycles. The molecule has 1 fully saturated rings. The van der Waals surface area contributed by atoms with Gasteiger partial charge in [-0.25, -0.2) is 4.79 Å². The average molecular weight is 348 g/mol. The highest BCUT2D eigenvalue weighted by atomic mass is 16.5. The molecule has 0 aliphatic heterocycles. The monoisotopic (exact) mass is 348 g/mol. The van der Waals surface area contributed by atoms with E-state index in [-0.39, 0.29) is 29.6 Å². The Morgan fingerprint density at radius 3 is 2.60 bits per heavy atom. The number of rotatable bonds is 5. The van der Waals surface area contributed by atoms with E-state index in [0.717, 1.165) is 18.9 Å². The molecular formula is C20H28O5. The number of carbonyl (C=O) groups is 2. The van der Waals surface area contributed by atoms with Gasteiger partial charge in [0.15, 0.2) is 0 Å². The van der Waals surface area contributed by atoms with Crippen molar-refractivity contribution in [2.24, 2.45) is 29.6 Å². The quantitative estimate of drug-likeness (QED) is 0.345. The molecule has 138 valence electrons. The van der Waals surface area contributed by atoms with Crippen LogP contribution >= 0.6 is 0 Å². The molecule has 0 bridgehead atoms. The van der Waals surface area contributed by atoms with Crippen LogP contribution in [0.4, 0.5) is 0 Å². The van der Waals surface area contributed by atoms with E-state index < -0.39 is 11.6 Å². The fourth-order valence-corrected chi connectivity index (χ4v) is 4.47. The summed E-state index contributed by atoms with van der Waals surface area (Å²) in [6.07, 6.45) is 11.9. The Morgan fingerprint density at radius 1 is 1.24 bits per heavy atom. The Hall–Kier alpha value is -1.88. The van der Waals surface area contributed by atoms with Crippen molar-refractivity contribution in [3.8, 4) is 0 Å². The molecule has 2 aliphatic carbocycles. The molecule has 0 heterocycles. The predicted molar refractivity (Wildman–Crippen MR) is 94.7 cm³/mol. The summed E-state index contributed by atoms with van der Waals surface area (Å²) in [6, 6.07) is 0. The van der Waals surface area contributed by atoms with E-state index in [1.54, 1.807) is 12.2 Å². The van der Waals surface area contributed by atoms with Gasteiger partial charge in [-0.2, -0.15) is 0 Å². The van der Waals surface area contributed by atoms with Crippen molar-refractivity contribution >= 4 is 11.9 Å². The third-order valence-corrected chi connectivity index (χ3v) is 5.53. The molecular weight excluding hydrogens is 320 g/mol. The van der Waals surface area contributed by atoms with Crippen LogP contribution in [0.2, 0.25) is 0 Å². The first kappa shape index (κ1) is 19.4. The standard InChI is InChI=1S/C20H28O5/c1-13-10-16(12-25-15(3)21)11-17-8-7-14(2)20(24,19(13)17)9-5-4-6-18(22)23/h4-9,13-14,16-17,19,24H,10-12H2,1-3H3,(H,22,23)/b6-4+,9-5+/t13-,14+,16+,17+,19+,20-/m1/s1. The molecule has 0 saturated heterocycles. The molecule has 5 heteroatoms. The Kier molecular flexibility index (Phi) is 6.22. The first-order chi connectivity index (χ1) is 11.7. The van der Waals surface area contributed by atoms with Crippen molar-refractivity contribution in [1.29, 1.82) is 0 Å². The van der Waals surface area contributed by atoms with E-state index >= 15 is 0 Å². The van der Waals surface area contributed by atoms with E-state index in [0.29, 0.717) is 12.5 Å². The molecule has 0 radical (unpaired) electrons. The Morgan fingerprint density at radius 2 is 1.96 bits per heavy atom. The largest absolute Gasteiger partial charge is 0.478 e. The van der Waals surface area contributed by atoms with Crippen molar-refractivity contribution in [3.63, 3.8) is 0 Å². The number of carboxylic acid groups (broad SMARTS) is 1. The van der Waals surface area contributed by atoms with Crippen LogP contribution in [0, 0.1) is 29.6 Å². The van der Waals surface area contributed by atoms with Gasteiger partial charge in [0.05, 0.1) is 12.2 Å². The first-order valence-electron chi connectivity index (χ1n) is 8.87. The van der Waals surface area contributed by atoms with Crippen LogP contribution in [-0.4, -0.2) is 34.4 Å². The molecule has 0 aromatic carbocycles. The van der Waals surface area contributed by atoms with Gasteiger partial charge in [-0.05, 0) is 30.6 Å². The van der Waals surface area contributed by atoms with Gasteiger partial charge in [-0.1, -0.05) is 44.2 Å². The zero-order valence-electron chi connectivity index (χ0n) is 15.1. The summed E-state index contributed by atoms with van der Waals surface area (Å²) in [5, 5.41) is 20.1. The van der Waals surface area contributed by atoms with Gasteiger partial charge in [0.2, 0.25) is 0 Å². The number of aliphatic hydroxyl groups is 1. The number of hydrogen-bond acceptors (Lipinski definition) is 4. The van der Waals surface area contributed by atoms with Crippen molar-refractivity contribution in [2.45, 2.75) is 39.2 Å². The van der Waals surface area contributed by atoms with Gasteiger partial charge >= 0.3 is 11.9 Å². The molecule has 0 amide bonds. The van der Waals surface area contributed by atoms with Crippen LogP contribution in [-0.2, 0) is 14.3 Å². The van der Waals surface area contributed by atoms with Crippen molar-refractivity contribution in [2.75, 3.05) is 6.61 Å². The number of hydrogen-bond donors (Lipinski definition) is 2. The van der Waals surface area contributed by atoms with Crippen LogP contribution in [0.25, 0.3) is 0 Å². The zero-order valence-corrected chi connectivity index (χ0v) is 15.1. The normalized spacial score (nSPS) is 38.0. The minimum Gasteiger partial charge on any atom is -0.478 e. The second-order valence-corrected chi connectivity index (χ2v) is 7.42. The summed E-state index contributed by atoms with van der Waals surface area (Å²) in [5.41, 5.74) is -1.01. The number of aliphatic carboxylic acids is 1. The maximum absolute atomic E-state index is 11.4. The van der Waals surface area contributed by atoms with Crippen LogP contribution in [0.1, 0.15) is 33.6 Å². The van der Waals surface area contributed by atoms with Gasteiger partial charge in [0.25, 0.3) is 0 Å². The fraction of sp³-hybridized carbons (Fsp3) is 0.600. The highest BCUT2D eigenvalue weighted by Crippen LogP contribution is 2.50. The third-order valence-electron chi connectivity index (χ3n) is 5.53. The van der Waals surface area contributed by atoms with Crippen molar-refractivity contribution in [3.05, 3.63) is 36.5 Å². The van der Waals surface area contributed by atoms with E-state index in [1.165, 1.54) is 13.0 Å². The van der Waals surface area contributed by atoms with Crippen LogP contribution in [0.15, 0.2) is 36.5 Å². The summed E-state index contributed by atoms with van der Waals surface area (Å²) >= 11 is 0. The minimum atomic E-state index is -1.01. The number of allylic oxidation sites excluding steroid dienone is 3. The lowest BCUT2D eigenvalue weighted by molar-refractivity contribution is -0.144. The lowest BCUT2D eigenvalue weighted by Gasteiger charge is -2.51. The van der Waals surface area contributed by atoms with Crippen LogP contribution in [0.5, 0.6) is 0 Å². The zero-order chi connectivity index (χ0) is 18.6. The van der Waals surface area contributed by atoms with Crippen molar-refractivity contribution < 1.29 is 24.5 Å². The molecule has 0 unspecified atom stereocenters. The molecule has 0 aromatic heterocycles. The summed E-state index contributed by atoms with van der Waals surface area (Å²) < 4.78 is 5.18. The lowest BCUT2D eigenvalue weighted by atomic mass is 9.57. The molecule has 6 atom stereocenters. The predicted octanol–water partition coefficient (Wildman–Crippen LogP) is 2.96. The fourth-order valence-electron chi connectivity index (χ4n) is 4.47. The Labute approximate surface area is 149 Å². The second-order valence-electron chi connectivity index (χ2n) is 7.42. The van der Waals surface area contributed by atoms with Gasteiger partial charge in [-0.15, -0.1) is 0 Å². The Balaban J connectivity index is 2.17. The van der Waals surface area contributed by atoms with Crippen molar-refractivity contribution in [1.82, 2.24) is 0 Å². The Bertz CT molecular complexity index is 591. The van der Waals surface area contributed by atoms with E-state index in [4.69, 9.17) is 9.84 Å². The van der Waals surface area contributed by atoms with Gasteiger partial charge in [0.1, 0.15) is 0 Å². The molecule has 2 aliphatic rings. The van der Waals surface area contributed by atoms with Crippen LogP contribution < -0.4 is 0 Å². The minimum absolute atomic E-state index is 0.0457. The number of fused-ring (bicyclic) bond motifs is 1. The number of carboxylic acids is 1. The van der Waals surface area contributed by atoms with Gasteiger partial charge in [-0.3, -0.25) is 4.79 Å². The first-order valence-corrected chi connectivity index (χ1v) is 8.87. The highest BCUT2D eigenvalue weighted by Gasteiger charge is 2.50.